The number of aryl methyl sites for hydroxylation is 2. The lowest BCUT2D eigenvalue weighted by Gasteiger charge is -2.17. The third-order valence-electron chi connectivity index (χ3n) is 2.64. The average molecular weight is 191 g/mol. The number of hydrogen-bond donors (Lipinski definition) is 1. The number of rotatable bonds is 3. The predicted molar refractivity (Wildman–Crippen MR) is 57.6 cm³/mol. The lowest BCUT2D eigenvalue weighted by atomic mass is 10.0. The van der Waals surface area contributed by atoms with Crippen molar-refractivity contribution >= 4 is 0 Å². The first-order valence-electron chi connectivity index (χ1n) is 5.35. The molecule has 2 rings (SSSR count). The van der Waals surface area contributed by atoms with E-state index in [1.165, 1.54) is 11.1 Å². The Balaban J connectivity index is 2.12. The van der Waals surface area contributed by atoms with Gasteiger partial charge in [-0.15, -0.1) is 0 Å². The van der Waals surface area contributed by atoms with E-state index in [1.807, 2.05) is 0 Å². The predicted octanol–water partition coefficient (Wildman–Crippen LogP) is 1.90. The second-order valence-electron chi connectivity index (χ2n) is 3.79. The maximum Gasteiger partial charge on any atom is 0.122 e. The van der Waals surface area contributed by atoms with Gasteiger partial charge < -0.3 is 10.5 Å². The quantitative estimate of drug-likeness (QED) is 0.792. The van der Waals surface area contributed by atoms with E-state index >= 15 is 0 Å². The van der Waals surface area contributed by atoms with Crippen LogP contribution in [0.3, 0.4) is 0 Å². The summed E-state index contributed by atoms with van der Waals surface area (Å²) in [6.45, 7) is 1.64. The van der Waals surface area contributed by atoms with E-state index in [4.69, 9.17) is 10.5 Å². The Bertz CT molecular complexity index is 309. The molecule has 1 aromatic carbocycles. The highest BCUT2D eigenvalue weighted by Gasteiger charge is 2.09. The normalized spacial score (nSPS) is 14.6. The van der Waals surface area contributed by atoms with Crippen molar-refractivity contribution in [2.45, 2.75) is 25.7 Å². The molecule has 0 aromatic heterocycles. The van der Waals surface area contributed by atoms with Gasteiger partial charge in [-0.2, -0.15) is 0 Å². The highest BCUT2D eigenvalue weighted by Crippen LogP contribution is 2.25. The topological polar surface area (TPSA) is 35.2 Å². The molecule has 1 aliphatic rings. The minimum absolute atomic E-state index is 0.771. The molecule has 0 fully saturated rings. The van der Waals surface area contributed by atoms with E-state index in [0.717, 1.165) is 44.6 Å². The molecule has 1 aromatic rings. The maximum absolute atomic E-state index is 5.56. The van der Waals surface area contributed by atoms with Gasteiger partial charge in [-0.25, -0.2) is 0 Å². The summed E-state index contributed by atoms with van der Waals surface area (Å²) in [5.74, 6) is 1.08. The molecule has 0 radical (unpaired) electrons. The summed E-state index contributed by atoms with van der Waals surface area (Å²) in [6.07, 6.45) is 4.46. The molecule has 0 saturated carbocycles. The van der Waals surface area contributed by atoms with Crippen LogP contribution in [-0.2, 0) is 12.8 Å². The van der Waals surface area contributed by atoms with Crippen LogP contribution in [0.15, 0.2) is 18.2 Å². The van der Waals surface area contributed by atoms with Gasteiger partial charge in [0, 0.05) is 0 Å². The van der Waals surface area contributed by atoms with Gasteiger partial charge in [0.25, 0.3) is 0 Å². The first-order valence-corrected chi connectivity index (χ1v) is 5.35. The molecule has 76 valence electrons. The molecule has 1 aliphatic heterocycles. The van der Waals surface area contributed by atoms with Gasteiger partial charge in [0.2, 0.25) is 0 Å². The van der Waals surface area contributed by atoms with Crippen LogP contribution in [0.2, 0.25) is 0 Å². The Morgan fingerprint density at radius 3 is 3.14 bits per heavy atom. The molecule has 0 spiro atoms. The smallest absolute Gasteiger partial charge is 0.122 e. The molecule has 0 bridgehead atoms. The average Bonchev–Trinajstić information content (AvgIpc) is 2.26. The molecule has 2 N–H and O–H groups in total. The highest BCUT2D eigenvalue weighted by atomic mass is 16.5. The molecular weight excluding hydrogens is 174 g/mol. The van der Waals surface area contributed by atoms with Crippen molar-refractivity contribution in [1.82, 2.24) is 0 Å². The van der Waals surface area contributed by atoms with Gasteiger partial charge in [0.05, 0.1) is 6.61 Å². The molecular formula is C12H17NO. The van der Waals surface area contributed by atoms with Crippen LogP contribution in [0.25, 0.3) is 0 Å². The Kier molecular flexibility index (Phi) is 3.04. The monoisotopic (exact) mass is 191 g/mol. The molecule has 0 aliphatic carbocycles. The second kappa shape index (κ2) is 4.47. The van der Waals surface area contributed by atoms with E-state index in [0.29, 0.717) is 0 Å². The summed E-state index contributed by atoms with van der Waals surface area (Å²) in [5, 5.41) is 0. The fourth-order valence-electron chi connectivity index (χ4n) is 1.88. The summed E-state index contributed by atoms with van der Waals surface area (Å²) < 4.78 is 5.56. The van der Waals surface area contributed by atoms with Crippen molar-refractivity contribution in [3.05, 3.63) is 29.3 Å². The summed E-state index contributed by atoms with van der Waals surface area (Å²) >= 11 is 0. The van der Waals surface area contributed by atoms with E-state index in [1.54, 1.807) is 0 Å². The molecule has 14 heavy (non-hydrogen) atoms. The number of nitrogens with two attached hydrogens (primary N) is 1. The third-order valence-corrected chi connectivity index (χ3v) is 2.64. The summed E-state index contributed by atoms with van der Waals surface area (Å²) in [7, 11) is 0. The van der Waals surface area contributed by atoms with Crippen LogP contribution < -0.4 is 10.5 Å². The molecule has 2 heteroatoms. The van der Waals surface area contributed by atoms with Gasteiger partial charge in [-0.3, -0.25) is 0 Å². The van der Waals surface area contributed by atoms with Gasteiger partial charge in [0.15, 0.2) is 0 Å². The van der Waals surface area contributed by atoms with Crippen LogP contribution in [0.4, 0.5) is 0 Å². The molecule has 0 amide bonds. The summed E-state index contributed by atoms with van der Waals surface area (Å²) in [6, 6.07) is 6.52. The van der Waals surface area contributed by atoms with Gasteiger partial charge in [-0.1, -0.05) is 12.1 Å². The fraction of sp³-hybridized carbons (Fsp3) is 0.500. The molecule has 1 heterocycles. The van der Waals surface area contributed by atoms with E-state index in [9.17, 15) is 0 Å². The van der Waals surface area contributed by atoms with Crippen molar-refractivity contribution in [1.29, 1.82) is 0 Å². The lowest BCUT2D eigenvalue weighted by Crippen LogP contribution is -2.08. The standard InChI is InChI=1S/C12H17NO/c13-7-1-3-10-5-6-12-11(9-10)4-2-8-14-12/h5-6,9H,1-4,7-8,13H2. The molecule has 2 nitrogen and oxygen atoms in total. The zero-order valence-corrected chi connectivity index (χ0v) is 8.46. The van der Waals surface area contributed by atoms with Crippen LogP contribution in [-0.4, -0.2) is 13.2 Å². The Labute approximate surface area is 85.1 Å². The van der Waals surface area contributed by atoms with Crippen LogP contribution in [0.5, 0.6) is 5.75 Å². The summed E-state index contributed by atoms with van der Waals surface area (Å²) in [4.78, 5) is 0. The van der Waals surface area contributed by atoms with Gasteiger partial charge in [-0.05, 0) is 49.4 Å². The maximum atomic E-state index is 5.56. The fourth-order valence-corrected chi connectivity index (χ4v) is 1.88. The van der Waals surface area contributed by atoms with Crippen molar-refractivity contribution in [2.75, 3.05) is 13.2 Å². The second-order valence-corrected chi connectivity index (χ2v) is 3.79. The third kappa shape index (κ3) is 2.07. The first-order chi connectivity index (χ1) is 6.90. The first kappa shape index (κ1) is 9.53. The molecule has 0 saturated heterocycles. The minimum atomic E-state index is 0.771. The Hall–Kier alpha value is -1.02. The number of benzene rings is 1. The largest absolute Gasteiger partial charge is 0.493 e. The van der Waals surface area contributed by atoms with E-state index in [2.05, 4.69) is 18.2 Å². The zero-order valence-electron chi connectivity index (χ0n) is 8.46. The van der Waals surface area contributed by atoms with Crippen molar-refractivity contribution in [3.63, 3.8) is 0 Å². The molecule has 0 atom stereocenters. The zero-order chi connectivity index (χ0) is 9.80. The minimum Gasteiger partial charge on any atom is -0.493 e. The Morgan fingerprint density at radius 2 is 2.29 bits per heavy atom. The van der Waals surface area contributed by atoms with Crippen LogP contribution >= 0.6 is 0 Å². The number of hydrogen-bond acceptors (Lipinski definition) is 2. The summed E-state index contributed by atoms with van der Waals surface area (Å²) in [5.41, 5.74) is 8.24. The van der Waals surface area contributed by atoms with Crippen molar-refractivity contribution in [3.8, 4) is 5.75 Å². The lowest BCUT2D eigenvalue weighted by molar-refractivity contribution is 0.288. The number of ether oxygens (including phenoxy) is 1. The number of fused-ring (bicyclic) bond motifs is 1. The van der Waals surface area contributed by atoms with Crippen molar-refractivity contribution in [2.24, 2.45) is 5.73 Å². The van der Waals surface area contributed by atoms with Crippen molar-refractivity contribution < 1.29 is 4.74 Å². The van der Waals surface area contributed by atoms with E-state index in [-0.39, 0.29) is 0 Å². The van der Waals surface area contributed by atoms with E-state index < -0.39 is 0 Å². The van der Waals surface area contributed by atoms with Gasteiger partial charge >= 0.3 is 0 Å². The highest BCUT2D eigenvalue weighted by molar-refractivity contribution is 5.38. The Morgan fingerprint density at radius 1 is 1.36 bits per heavy atom. The molecule has 0 unspecified atom stereocenters. The van der Waals surface area contributed by atoms with Gasteiger partial charge in [0.1, 0.15) is 5.75 Å². The SMILES string of the molecule is NCCCc1ccc2c(c1)CCCO2. The van der Waals surface area contributed by atoms with Crippen LogP contribution in [0, 0.1) is 0 Å². The van der Waals surface area contributed by atoms with Crippen LogP contribution in [0.1, 0.15) is 24.0 Å².